The average Bonchev–Trinajstić information content (AvgIpc) is 1.88. The van der Waals surface area contributed by atoms with Crippen molar-refractivity contribution in [3.05, 3.63) is 0 Å². The molecule has 1 rings (SSSR count). The van der Waals surface area contributed by atoms with E-state index in [0.29, 0.717) is 6.04 Å². The monoisotopic (exact) mass is 141 g/mol. The molecule has 2 N–H and O–H groups in total. The smallest absolute Gasteiger partial charge is 0.00388 e. The molecule has 1 aliphatic carbocycles. The van der Waals surface area contributed by atoms with Gasteiger partial charge >= 0.3 is 0 Å². The summed E-state index contributed by atoms with van der Waals surface area (Å²) in [6.07, 6.45) is 5.54. The third-order valence-electron chi connectivity index (χ3n) is 2.72. The lowest BCUT2D eigenvalue weighted by Gasteiger charge is -2.29. The van der Waals surface area contributed by atoms with Gasteiger partial charge in [0.15, 0.2) is 0 Å². The molecule has 0 aliphatic heterocycles. The van der Waals surface area contributed by atoms with Crippen LogP contribution in [-0.2, 0) is 0 Å². The highest BCUT2D eigenvalue weighted by atomic mass is 14.6. The van der Waals surface area contributed by atoms with Crippen molar-refractivity contribution >= 4 is 0 Å². The Balaban J connectivity index is 2.32. The third kappa shape index (κ3) is 1.98. The van der Waals surface area contributed by atoms with Gasteiger partial charge in [-0.3, -0.25) is 0 Å². The maximum absolute atomic E-state index is 5.83. The molecule has 0 bridgehead atoms. The van der Waals surface area contributed by atoms with Gasteiger partial charge in [0.2, 0.25) is 0 Å². The Hall–Kier alpha value is -0.0400. The Kier molecular flexibility index (Phi) is 2.72. The first kappa shape index (κ1) is 8.06. The maximum atomic E-state index is 5.83. The van der Waals surface area contributed by atoms with E-state index in [4.69, 9.17) is 5.73 Å². The van der Waals surface area contributed by atoms with E-state index in [2.05, 4.69) is 13.8 Å². The molecule has 60 valence electrons. The van der Waals surface area contributed by atoms with Crippen LogP contribution < -0.4 is 5.73 Å². The standard InChI is InChI=1S/C9H19N/c1-7-4-3-5-9(6-7)8(2)10/h7-9H,3-6,10H2,1-2H3. The number of nitrogens with two attached hydrogens (primary N) is 1. The van der Waals surface area contributed by atoms with E-state index in [1.54, 1.807) is 0 Å². The minimum atomic E-state index is 0.419. The second-order valence-corrected chi connectivity index (χ2v) is 3.89. The maximum Gasteiger partial charge on any atom is 0.00388 e. The van der Waals surface area contributed by atoms with Crippen LogP contribution in [0.1, 0.15) is 39.5 Å². The molecule has 0 spiro atoms. The fourth-order valence-electron chi connectivity index (χ4n) is 1.96. The van der Waals surface area contributed by atoms with Crippen LogP contribution in [0.4, 0.5) is 0 Å². The van der Waals surface area contributed by atoms with Crippen LogP contribution >= 0.6 is 0 Å². The minimum absolute atomic E-state index is 0.419. The average molecular weight is 141 g/mol. The second-order valence-electron chi connectivity index (χ2n) is 3.89. The van der Waals surface area contributed by atoms with E-state index in [1.165, 1.54) is 25.7 Å². The van der Waals surface area contributed by atoms with Gasteiger partial charge < -0.3 is 5.73 Å². The van der Waals surface area contributed by atoms with Gasteiger partial charge in [0.25, 0.3) is 0 Å². The van der Waals surface area contributed by atoms with E-state index in [0.717, 1.165) is 11.8 Å². The van der Waals surface area contributed by atoms with Crippen LogP contribution in [0, 0.1) is 11.8 Å². The van der Waals surface area contributed by atoms with E-state index < -0.39 is 0 Å². The van der Waals surface area contributed by atoms with Crippen molar-refractivity contribution in [3.8, 4) is 0 Å². The van der Waals surface area contributed by atoms with Gasteiger partial charge in [0.1, 0.15) is 0 Å². The fourth-order valence-corrected chi connectivity index (χ4v) is 1.96. The van der Waals surface area contributed by atoms with Gasteiger partial charge in [-0.05, 0) is 31.6 Å². The van der Waals surface area contributed by atoms with Crippen LogP contribution in [-0.4, -0.2) is 6.04 Å². The van der Waals surface area contributed by atoms with Crippen molar-refractivity contribution in [1.82, 2.24) is 0 Å². The quantitative estimate of drug-likeness (QED) is 0.595. The van der Waals surface area contributed by atoms with Crippen LogP contribution in [0.5, 0.6) is 0 Å². The lowest BCUT2D eigenvalue weighted by molar-refractivity contribution is 0.254. The number of hydrogen-bond donors (Lipinski definition) is 1. The molecule has 1 aliphatic rings. The normalized spacial score (nSPS) is 37.5. The van der Waals surface area contributed by atoms with E-state index in [-0.39, 0.29) is 0 Å². The Morgan fingerprint density at radius 3 is 2.50 bits per heavy atom. The first-order valence-electron chi connectivity index (χ1n) is 4.45. The Bertz CT molecular complexity index is 98.9. The summed E-state index contributed by atoms with van der Waals surface area (Å²) < 4.78 is 0. The molecule has 10 heavy (non-hydrogen) atoms. The molecule has 1 heteroatoms. The van der Waals surface area contributed by atoms with Crippen molar-refractivity contribution in [1.29, 1.82) is 0 Å². The summed E-state index contributed by atoms with van der Waals surface area (Å²) in [7, 11) is 0. The van der Waals surface area contributed by atoms with Crippen molar-refractivity contribution in [3.63, 3.8) is 0 Å². The lowest BCUT2D eigenvalue weighted by Crippen LogP contribution is -2.30. The molecule has 3 atom stereocenters. The summed E-state index contributed by atoms with van der Waals surface area (Å²) in [5, 5.41) is 0. The topological polar surface area (TPSA) is 26.0 Å². The molecule has 0 amide bonds. The van der Waals surface area contributed by atoms with E-state index >= 15 is 0 Å². The molecule has 0 aromatic heterocycles. The van der Waals surface area contributed by atoms with Gasteiger partial charge in [-0.15, -0.1) is 0 Å². The van der Waals surface area contributed by atoms with Gasteiger partial charge in [-0.1, -0.05) is 19.8 Å². The van der Waals surface area contributed by atoms with Gasteiger partial charge in [-0.2, -0.15) is 0 Å². The van der Waals surface area contributed by atoms with Crippen LogP contribution in [0.15, 0.2) is 0 Å². The predicted octanol–water partition coefficient (Wildman–Crippen LogP) is 2.16. The highest BCUT2D eigenvalue weighted by Gasteiger charge is 2.21. The van der Waals surface area contributed by atoms with Crippen LogP contribution in [0.2, 0.25) is 0 Å². The summed E-state index contributed by atoms with van der Waals surface area (Å²) in [4.78, 5) is 0. The largest absolute Gasteiger partial charge is 0.328 e. The summed E-state index contributed by atoms with van der Waals surface area (Å²) in [6, 6.07) is 0.419. The van der Waals surface area contributed by atoms with Crippen LogP contribution in [0.3, 0.4) is 0 Å². The Labute approximate surface area is 64.0 Å². The first-order chi connectivity index (χ1) is 4.70. The zero-order chi connectivity index (χ0) is 7.56. The minimum Gasteiger partial charge on any atom is -0.328 e. The van der Waals surface area contributed by atoms with Crippen LogP contribution in [0.25, 0.3) is 0 Å². The SMILES string of the molecule is CC1CCCC(C(C)N)C1. The number of rotatable bonds is 1. The van der Waals surface area contributed by atoms with Gasteiger partial charge in [-0.25, -0.2) is 0 Å². The Morgan fingerprint density at radius 1 is 1.40 bits per heavy atom. The highest BCUT2D eigenvalue weighted by molar-refractivity contribution is 4.75. The summed E-state index contributed by atoms with van der Waals surface area (Å²) in [6.45, 7) is 4.48. The number of hydrogen-bond acceptors (Lipinski definition) is 1. The summed E-state index contributed by atoms with van der Waals surface area (Å²) in [5.41, 5.74) is 5.83. The molecule has 1 nitrogen and oxygen atoms in total. The van der Waals surface area contributed by atoms with Crippen molar-refractivity contribution in [2.24, 2.45) is 17.6 Å². The third-order valence-corrected chi connectivity index (χ3v) is 2.72. The Morgan fingerprint density at radius 2 is 2.10 bits per heavy atom. The molecule has 1 fully saturated rings. The van der Waals surface area contributed by atoms with Gasteiger partial charge in [0.05, 0.1) is 0 Å². The molecule has 1 saturated carbocycles. The van der Waals surface area contributed by atoms with Gasteiger partial charge in [0, 0.05) is 6.04 Å². The molecule has 0 aromatic rings. The second kappa shape index (κ2) is 3.38. The fraction of sp³-hybridized carbons (Fsp3) is 1.00. The molecular formula is C9H19N. The van der Waals surface area contributed by atoms with Crippen molar-refractivity contribution in [2.45, 2.75) is 45.6 Å². The molecule has 0 aromatic carbocycles. The molecular weight excluding hydrogens is 122 g/mol. The van der Waals surface area contributed by atoms with E-state index in [1.807, 2.05) is 0 Å². The molecule has 3 unspecified atom stereocenters. The van der Waals surface area contributed by atoms with Crippen molar-refractivity contribution < 1.29 is 0 Å². The predicted molar refractivity (Wildman–Crippen MR) is 44.8 cm³/mol. The van der Waals surface area contributed by atoms with E-state index in [9.17, 15) is 0 Å². The zero-order valence-electron chi connectivity index (χ0n) is 7.14. The molecule has 0 radical (unpaired) electrons. The lowest BCUT2D eigenvalue weighted by atomic mass is 9.79. The first-order valence-corrected chi connectivity index (χ1v) is 4.45. The highest BCUT2D eigenvalue weighted by Crippen LogP contribution is 2.29. The molecule has 0 saturated heterocycles. The van der Waals surface area contributed by atoms with Crippen molar-refractivity contribution in [2.75, 3.05) is 0 Å². The molecule has 0 heterocycles. The zero-order valence-corrected chi connectivity index (χ0v) is 7.14. The summed E-state index contributed by atoms with van der Waals surface area (Å²) in [5.74, 6) is 1.73. The summed E-state index contributed by atoms with van der Waals surface area (Å²) >= 11 is 0.